The fourth-order valence-corrected chi connectivity index (χ4v) is 2.98. The SMILES string of the molecule is Cc1nc(NCC2(CO)CCCC2)cc2n[nH]c(=O)n12. The van der Waals surface area contributed by atoms with Gasteiger partial charge in [-0.3, -0.25) is 0 Å². The molecule has 2 heterocycles. The van der Waals surface area contributed by atoms with Crippen LogP contribution >= 0.6 is 0 Å². The van der Waals surface area contributed by atoms with Crippen LogP contribution in [0.4, 0.5) is 5.82 Å². The number of nitrogens with one attached hydrogen (secondary N) is 2. The Kier molecular flexibility index (Phi) is 3.21. The van der Waals surface area contributed by atoms with Gasteiger partial charge in [0.25, 0.3) is 0 Å². The molecule has 2 aromatic rings. The van der Waals surface area contributed by atoms with E-state index in [0.717, 1.165) is 12.8 Å². The van der Waals surface area contributed by atoms with E-state index in [4.69, 9.17) is 0 Å². The fraction of sp³-hybridized carbons (Fsp3) is 0.615. The number of aromatic nitrogens is 4. The maximum absolute atomic E-state index is 11.5. The molecule has 1 saturated carbocycles. The summed E-state index contributed by atoms with van der Waals surface area (Å²) in [5.41, 5.74) is 0.237. The van der Waals surface area contributed by atoms with Crippen molar-refractivity contribution in [1.82, 2.24) is 19.6 Å². The van der Waals surface area contributed by atoms with Crippen molar-refractivity contribution in [1.29, 1.82) is 0 Å². The highest BCUT2D eigenvalue weighted by Crippen LogP contribution is 2.37. The highest BCUT2D eigenvalue weighted by atomic mass is 16.3. The van der Waals surface area contributed by atoms with E-state index in [-0.39, 0.29) is 17.7 Å². The molecule has 1 aliphatic rings. The number of nitrogens with zero attached hydrogens (tertiary/aromatic N) is 3. The van der Waals surface area contributed by atoms with Gasteiger partial charge in [0, 0.05) is 18.0 Å². The van der Waals surface area contributed by atoms with E-state index in [9.17, 15) is 9.90 Å². The smallest absolute Gasteiger partial charge is 0.349 e. The van der Waals surface area contributed by atoms with Crippen molar-refractivity contribution in [2.24, 2.45) is 5.41 Å². The molecule has 0 atom stereocenters. The number of fused-ring (bicyclic) bond motifs is 1. The molecule has 0 aromatic carbocycles. The lowest BCUT2D eigenvalue weighted by Gasteiger charge is -2.26. The lowest BCUT2D eigenvalue weighted by atomic mass is 9.87. The Morgan fingerprint density at radius 1 is 1.50 bits per heavy atom. The maximum atomic E-state index is 11.5. The van der Waals surface area contributed by atoms with Crippen molar-refractivity contribution in [3.05, 3.63) is 22.4 Å². The minimum Gasteiger partial charge on any atom is -0.396 e. The second-order valence-electron chi connectivity index (χ2n) is 5.63. The summed E-state index contributed by atoms with van der Waals surface area (Å²) in [5, 5.41) is 19.2. The monoisotopic (exact) mass is 277 g/mol. The molecule has 0 amide bonds. The Morgan fingerprint density at radius 2 is 2.25 bits per heavy atom. The maximum Gasteiger partial charge on any atom is 0.349 e. The van der Waals surface area contributed by atoms with Crippen molar-refractivity contribution < 1.29 is 5.11 Å². The summed E-state index contributed by atoms with van der Waals surface area (Å²) in [4.78, 5) is 15.9. The minimum absolute atomic E-state index is 0.0348. The minimum atomic E-state index is -0.279. The third-order valence-corrected chi connectivity index (χ3v) is 4.21. The molecule has 0 spiro atoms. The standard InChI is InChI=1S/C13H19N5O2/c1-9-15-10(6-11-16-17-12(20)18(9)11)14-7-13(8-19)4-2-3-5-13/h6,14,19H,2-5,7-8H2,1H3,(H,17,20). The zero-order chi connectivity index (χ0) is 14.2. The number of aliphatic hydroxyl groups excluding tert-OH is 1. The van der Waals surface area contributed by atoms with E-state index in [2.05, 4.69) is 20.5 Å². The molecule has 7 nitrogen and oxygen atoms in total. The van der Waals surface area contributed by atoms with Crippen LogP contribution in [0.2, 0.25) is 0 Å². The highest BCUT2D eigenvalue weighted by Gasteiger charge is 2.33. The number of aliphatic hydroxyl groups is 1. The summed E-state index contributed by atoms with van der Waals surface area (Å²) in [5.74, 6) is 1.28. The first-order valence-electron chi connectivity index (χ1n) is 6.93. The summed E-state index contributed by atoms with van der Waals surface area (Å²) < 4.78 is 1.43. The van der Waals surface area contributed by atoms with Crippen LogP contribution in [0.3, 0.4) is 0 Å². The van der Waals surface area contributed by atoms with E-state index in [1.807, 2.05) is 0 Å². The zero-order valence-electron chi connectivity index (χ0n) is 11.5. The van der Waals surface area contributed by atoms with Gasteiger partial charge in [0.2, 0.25) is 0 Å². The van der Waals surface area contributed by atoms with E-state index in [0.29, 0.717) is 23.8 Å². The predicted molar refractivity (Wildman–Crippen MR) is 74.8 cm³/mol. The predicted octanol–water partition coefficient (Wildman–Crippen LogP) is 0.691. The topological polar surface area (TPSA) is 95.3 Å². The van der Waals surface area contributed by atoms with Crippen LogP contribution in [0.5, 0.6) is 0 Å². The number of hydrogen-bond donors (Lipinski definition) is 3. The van der Waals surface area contributed by atoms with Crippen LogP contribution in [0.1, 0.15) is 31.5 Å². The second kappa shape index (κ2) is 4.90. The molecule has 7 heteroatoms. The largest absolute Gasteiger partial charge is 0.396 e. The van der Waals surface area contributed by atoms with Crippen molar-refractivity contribution >= 4 is 11.5 Å². The molecular formula is C13H19N5O2. The molecule has 0 radical (unpaired) electrons. The van der Waals surface area contributed by atoms with Gasteiger partial charge in [-0.05, 0) is 19.8 Å². The van der Waals surface area contributed by atoms with Crippen LogP contribution in [0, 0.1) is 12.3 Å². The fourth-order valence-electron chi connectivity index (χ4n) is 2.98. The van der Waals surface area contributed by atoms with Gasteiger partial charge >= 0.3 is 5.69 Å². The normalized spacial score (nSPS) is 17.7. The van der Waals surface area contributed by atoms with Gasteiger partial charge in [0.1, 0.15) is 11.6 Å². The van der Waals surface area contributed by atoms with Gasteiger partial charge < -0.3 is 10.4 Å². The Morgan fingerprint density at radius 3 is 2.95 bits per heavy atom. The lowest BCUT2D eigenvalue weighted by Crippen LogP contribution is -2.31. The summed E-state index contributed by atoms with van der Waals surface area (Å²) in [6.45, 7) is 2.66. The molecule has 20 heavy (non-hydrogen) atoms. The zero-order valence-corrected chi connectivity index (χ0v) is 11.5. The number of rotatable bonds is 4. The summed E-state index contributed by atoms with van der Waals surface area (Å²) >= 11 is 0. The molecule has 108 valence electrons. The molecule has 0 bridgehead atoms. The molecule has 3 N–H and O–H groups in total. The first-order valence-corrected chi connectivity index (χ1v) is 6.93. The van der Waals surface area contributed by atoms with Crippen LogP contribution in [0.25, 0.3) is 5.65 Å². The average Bonchev–Trinajstić information content (AvgIpc) is 3.05. The first-order chi connectivity index (χ1) is 9.63. The Bertz CT molecular complexity index is 669. The lowest BCUT2D eigenvalue weighted by molar-refractivity contribution is 0.142. The van der Waals surface area contributed by atoms with Gasteiger partial charge in [-0.1, -0.05) is 12.8 Å². The van der Waals surface area contributed by atoms with Gasteiger partial charge in [-0.15, -0.1) is 0 Å². The molecule has 0 unspecified atom stereocenters. The quantitative estimate of drug-likeness (QED) is 0.764. The van der Waals surface area contributed by atoms with E-state index >= 15 is 0 Å². The second-order valence-corrected chi connectivity index (χ2v) is 5.63. The Hall–Kier alpha value is -1.89. The van der Waals surface area contributed by atoms with Crippen molar-refractivity contribution in [3.8, 4) is 0 Å². The number of aromatic amines is 1. The highest BCUT2D eigenvalue weighted by molar-refractivity contribution is 5.49. The first kappa shape index (κ1) is 13.1. The van der Waals surface area contributed by atoms with Gasteiger partial charge in [-0.2, -0.15) is 5.10 Å². The molecule has 1 aliphatic carbocycles. The summed E-state index contributed by atoms with van der Waals surface area (Å²) in [6.07, 6.45) is 4.42. The van der Waals surface area contributed by atoms with Crippen LogP contribution in [-0.2, 0) is 0 Å². The van der Waals surface area contributed by atoms with Crippen LogP contribution in [0.15, 0.2) is 10.9 Å². The van der Waals surface area contributed by atoms with Gasteiger partial charge in [0.15, 0.2) is 5.65 Å². The molecule has 0 saturated heterocycles. The van der Waals surface area contributed by atoms with Gasteiger partial charge in [-0.25, -0.2) is 19.3 Å². The van der Waals surface area contributed by atoms with Crippen molar-refractivity contribution in [2.45, 2.75) is 32.6 Å². The number of anilines is 1. The molecular weight excluding hydrogens is 258 g/mol. The molecule has 1 fully saturated rings. The third kappa shape index (κ3) is 2.18. The summed E-state index contributed by atoms with van der Waals surface area (Å²) in [7, 11) is 0. The van der Waals surface area contributed by atoms with E-state index < -0.39 is 0 Å². The van der Waals surface area contributed by atoms with E-state index in [1.165, 1.54) is 17.2 Å². The van der Waals surface area contributed by atoms with Crippen molar-refractivity contribution in [3.63, 3.8) is 0 Å². The number of hydrogen-bond acceptors (Lipinski definition) is 5. The molecule has 0 aliphatic heterocycles. The molecule has 2 aromatic heterocycles. The Balaban J connectivity index is 1.82. The van der Waals surface area contributed by atoms with Crippen LogP contribution < -0.4 is 11.0 Å². The van der Waals surface area contributed by atoms with E-state index in [1.54, 1.807) is 13.0 Å². The van der Waals surface area contributed by atoms with Gasteiger partial charge in [0.05, 0.1) is 6.61 Å². The van der Waals surface area contributed by atoms with Crippen LogP contribution in [-0.4, -0.2) is 37.8 Å². The Labute approximate surface area is 116 Å². The summed E-state index contributed by atoms with van der Waals surface area (Å²) in [6, 6.07) is 1.74. The molecule has 3 rings (SSSR count). The number of aryl methyl sites for hydroxylation is 1. The average molecular weight is 277 g/mol. The third-order valence-electron chi connectivity index (χ3n) is 4.21. The number of H-pyrrole nitrogens is 1. The van der Waals surface area contributed by atoms with Crippen molar-refractivity contribution in [2.75, 3.05) is 18.5 Å².